The van der Waals surface area contributed by atoms with E-state index in [2.05, 4.69) is 10.3 Å². The minimum absolute atomic E-state index is 0.131. The average molecular weight is 425 g/mol. The molecule has 0 fully saturated rings. The van der Waals surface area contributed by atoms with Crippen molar-refractivity contribution in [1.82, 2.24) is 14.9 Å². The molecule has 0 unspecified atom stereocenters. The Labute approximate surface area is 186 Å². The second-order valence-corrected chi connectivity index (χ2v) is 7.26. The lowest BCUT2D eigenvalue weighted by Crippen LogP contribution is -2.35. The minimum atomic E-state index is -0.318. The first-order chi connectivity index (χ1) is 15.7. The number of nitrogens with zero attached hydrogens (tertiary/aromatic N) is 2. The number of para-hydroxylation sites is 1. The van der Waals surface area contributed by atoms with E-state index in [4.69, 9.17) is 4.74 Å². The van der Waals surface area contributed by atoms with E-state index in [1.165, 1.54) is 17.0 Å². The van der Waals surface area contributed by atoms with Gasteiger partial charge in [0.2, 0.25) is 5.91 Å². The summed E-state index contributed by atoms with van der Waals surface area (Å²) in [6, 6.07) is 27.9. The Morgan fingerprint density at radius 3 is 2.12 bits per heavy atom. The molecule has 32 heavy (non-hydrogen) atoms. The van der Waals surface area contributed by atoms with Crippen LogP contribution in [0.5, 0.6) is 5.75 Å². The zero-order chi connectivity index (χ0) is 22.3. The van der Waals surface area contributed by atoms with E-state index in [-0.39, 0.29) is 24.1 Å². The van der Waals surface area contributed by atoms with Crippen LogP contribution < -0.4 is 15.6 Å². The number of hydrogen-bond donors (Lipinski definition) is 1. The Kier molecular flexibility index (Phi) is 6.41. The standard InChI is InChI=1S/C26H23N3O3/c1-32-23-15-9-8-14-21(23)22-16-25(31)29(18-27-22)17-24(30)28-26(19-10-4-2-5-11-19)20-12-6-3-7-13-20/h2-16,18,26H,17H2,1H3,(H,28,30). The smallest absolute Gasteiger partial charge is 0.254 e. The third-order valence-corrected chi connectivity index (χ3v) is 5.15. The monoisotopic (exact) mass is 425 g/mol. The Bertz CT molecular complexity index is 1210. The lowest BCUT2D eigenvalue weighted by atomic mass is 9.99. The second-order valence-electron chi connectivity index (χ2n) is 7.26. The average Bonchev–Trinajstić information content (AvgIpc) is 2.85. The van der Waals surface area contributed by atoms with Crippen LogP contribution >= 0.6 is 0 Å². The number of nitrogens with one attached hydrogen (secondary N) is 1. The van der Waals surface area contributed by atoms with E-state index >= 15 is 0 Å². The summed E-state index contributed by atoms with van der Waals surface area (Å²) in [7, 11) is 1.57. The Morgan fingerprint density at radius 2 is 1.53 bits per heavy atom. The molecule has 0 saturated carbocycles. The Morgan fingerprint density at radius 1 is 0.938 bits per heavy atom. The van der Waals surface area contributed by atoms with Crippen molar-refractivity contribution in [1.29, 1.82) is 0 Å². The number of carbonyl (C=O) groups is 1. The Balaban J connectivity index is 1.55. The maximum absolute atomic E-state index is 12.9. The van der Waals surface area contributed by atoms with Crippen LogP contribution in [0, 0.1) is 0 Å². The largest absolute Gasteiger partial charge is 0.496 e. The Hall–Kier alpha value is -4.19. The minimum Gasteiger partial charge on any atom is -0.496 e. The van der Waals surface area contributed by atoms with Crippen LogP contribution in [0.15, 0.2) is 102 Å². The fourth-order valence-corrected chi connectivity index (χ4v) is 3.56. The number of amides is 1. The first-order valence-electron chi connectivity index (χ1n) is 10.2. The van der Waals surface area contributed by atoms with E-state index in [1.807, 2.05) is 84.9 Å². The molecule has 6 nitrogen and oxygen atoms in total. The van der Waals surface area contributed by atoms with E-state index in [0.29, 0.717) is 11.4 Å². The molecule has 1 aromatic heterocycles. The van der Waals surface area contributed by atoms with E-state index in [0.717, 1.165) is 16.7 Å². The highest BCUT2D eigenvalue weighted by Gasteiger charge is 2.17. The molecule has 1 N–H and O–H groups in total. The summed E-state index contributed by atoms with van der Waals surface area (Å²) in [5.41, 5.74) is 2.83. The van der Waals surface area contributed by atoms with Crippen LogP contribution in [0.4, 0.5) is 0 Å². The van der Waals surface area contributed by atoms with Gasteiger partial charge in [-0.15, -0.1) is 0 Å². The van der Waals surface area contributed by atoms with Crippen LogP contribution in [-0.4, -0.2) is 22.6 Å². The fourth-order valence-electron chi connectivity index (χ4n) is 3.56. The van der Waals surface area contributed by atoms with E-state index in [1.54, 1.807) is 7.11 Å². The molecule has 0 radical (unpaired) electrons. The van der Waals surface area contributed by atoms with Crippen LogP contribution in [-0.2, 0) is 11.3 Å². The van der Waals surface area contributed by atoms with Crippen LogP contribution in [0.1, 0.15) is 17.2 Å². The number of aromatic nitrogens is 2. The topological polar surface area (TPSA) is 73.2 Å². The number of ether oxygens (including phenoxy) is 1. The highest BCUT2D eigenvalue weighted by Crippen LogP contribution is 2.27. The number of carbonyl (C=O) groups excluding carboxylic acids is 1. The van der Waals surface area contributed by atoms with Gasteiger partial charge >= 0.3 is 0 Å². The third-order valence-electron chi connectivity index (χ3n) is 5.15. The SMILES string of the molecule is COc1ccccc1-c1cc(=O)n(CC(=O)NC(c2ccccc2)c2ccccc2)cn1. The first kappa shape index (κ1) is 21.1. The predicted molar refractivity (Wildman–Crippen MR) is 123 cm³/mol. The summed E-state index contributed by atoms with van der Waals surface area (Å²) in [4.78, 5) is 29.9. The molecule has 0 spiro atoms. The van der Waals surface area contributed by atoms with E-state index < -0.39 is 0 Å². The van der Waals surface area contributed by atoms with Crippen molar-refractivity contribution in [2.75, 3.05) is 7.11 Å². The number of benzene rings is 3. The summed E-state index contributed by atoms with van der Waals surface area (Å²) in [6.07, 6.45) is 1.39. The number of methoxy groups -OCH3 is 1. The number of rotatable bonds is 7. The quantitative estimate of drug-likeness (QED) is 0.489. The first-order valence-corrected chi connectivity index (χ1v) is 10.2. The molecule has 4 rings (SSSR count). The second kappa shape index (κ2) is 9.75. The van der Waals surface area contributed by atoms with Gasteiger partial charge in [0, 0.05) is 11.6 Å². The van der Waals surface area contributed by atoms with Gasteiger partial charge in [0.15, 0.2) is 0 Å². The van der Waals surface area contributed by atoms with Crippen LogP contribution in [0.25, 0.3) is 11.3 Å². The molecule has 4 aromatic rings. The molecule has 0 bridgehead atoms. The van der Waals surface area contributed by atoms with Crippen LogP contribution in [0.3, 0.4) is 0 Å². The van der Waals surface area contributed by atoms with Crippen molar-refractivity contribution in [2.24, 2.45) is 0 Å². The van der Waals surface area contributed by atoms with Crippen molar-refractivity contribution in [3.05, 3.63) is 119 Å². The molecular formula is C26H23N3O3. The van der Waals surface area contributed by atoms with Gasteiger partial charge in [0.1, 0.15) is 12.3 Å². The lowest BCUT2D eigenvalue weighted by Gasteiger charge is -2.20. The normalized spacial score (nSPS) is 10.7. The fraction of sp³-hybridized carbons (Fsp3) is 0.115. The van der Waals surface area contributed by atoms with Gasteiger partial charge in [0.25, 0.3) is 5.56 Å². The summed E-state index contributed by atoms with van der Waals surface area (Å²) in [5.74, 6) is 0.347. The highest BCUT2D eigenvalue weighted by molar-refractivity contribution is 5.77. The zero-order valence-corrected chi connectivity index (χ0v) is 17.6. The summed E-state index contributed by atoms with van der Waals surface area (Å²) < 4.78 is 6.64. The van der Waals surface area contributed by atoms with Crippen LogP contribution in [0.2, 0.25) is 0 Å². The molecule has 1 heterocycles. The molecule has 3 aromatic carbocycles. The molecule has 0 atom stereocenters. The maximum atomic E-state index is 12.9. The van der Waals surface area contributed by atoms with E-state index in [9.17, 15) is 9.59 Å². The third kappa shape index (κ3) is 4.75. The van der Waals surface area contributed by atoms with Crippen molar-refractivity contribution < 1.29 is 9.53 Å². The van der Waals surface area contributed by atoms with Crippen molar-refractivity contribution in [3.8, 4) is 17.0 Å². The molecule has 0 aliphatic carbocycles. The summed E-state index contributed by atoms with van der Waals surface area (Å²) in [6.45, 7) is -0.131. The van der Waals surface area contributed by atoms with Gasteiger partial charge in [-0.3, -0.25) is 14.2 Å². The van der Waals surface area contributed by atoms with Crippen molar-refractivity contribution in [2.45, 2.75) is 12.6 Å². The molecule has 0 aliphatic heterocycles. The number of hydrogen-bond acceptors (Lipinski definition) is 4. The van der Waals surface area contributed by atoms with Crippen molar-refractivity contribution >= 4 is 5.91 Å². The van der Waals surface area contributed by atoms with Gasteiger partial charge < -0.3 is 10.1 Å². The van der Waals surface area contributed by atoms with Crippen molar-refractivity contribution in [3.63, 3.8) is 0 Å². The zero-order valence-electron chi connectivity index (χ0n) is 17.6. The summed E-state index contributed by atoms with van der Waals surface area (Å²) in [5, 5.41) is 3.04. The highest BCUT2D eigenvalue weighted by atomic mass is 16.5. The maximum Gasteiger partial charge on any atom is 0.254 e. The lowest BCUT2D eigenvalue weighted by molar-refractivity contribution is -0.122. The molecule has 6 heteroatoms. The van der Waals surface area contributed by atoms with Gasteiger partial charge in [0.05, 0.1) is 25.2 Å². The molecule has 0 saturated heterocycles. The predicted octanol–water partition coefficient (Wildman–Crippen LogP) is 3.82. The molecule has 0 aliphatic rings. The molecule has 160 valence electrons. The van der Waals surface area contributed by atoms with Gasteiger partial charge in [-0.05, 0) is 23.3 Å². The van der Waals surface area contributed by atoms with Gasteiger partial charge in [-0.1, -0.05) is 72.8 Å². The molecule has 1 amide bonds. The van der Waals surface area contributed by atoms with Gasteiger partial charge in [-0.2, -0.15) is 0 Å². The summed E-state index contributed by atoms with van der Waals surface area (Å²) >= 11 is 0. The van der Waals surface area contributed by atoms with Gasteiger partial charge in [-0.25, -0.2) is 4.98 Å². The molecular weight excluding hydrogens is 402 g/mol.